The lowest BCUT2D eigenvalue weighted by Gasteiger charge is -2.37. The molecule has 5 atom stereocenters. The smallest absolute Gasteiger partial charge is 0.408 e. The first kappa shape index (κ1) is 28.2. The van der Waals surface area contributed by atoms with E-state index in [2.05, 4.69) is 11.9 Å². The fraction of sp³-hybridized carbons (Fsp3) is 0.560. The van der Waals surface area contributed by atoms with Crippen LogP contribution in [0.2, 0.25) is 10.0 Å². The van der Waals surface area contributed by atoms with Gasteiger partial charge < -0.3 is 24.3 Å². The lowest BCUT2D eigenvalue weighted by atomic mass is 9.86. The van der Waals surface area contributed by atoms with Crippen molar-refractivity contribution in [3.8, 4) is 0 Å². The van der Waals surface area contributed by atoms with Gasteiger partial charge in [0.05, 0.1) is 36.0 Å². The number of nitrogens with one attached hydrogen (secondary N) is 1. The summed E-state index contributed by atoms with van der Waals surface area (Å²) in [7, 11) is 0. The Hall–Kier alpha value is -2.36. The van der Waals surface area contributed by atoms with E-state index in [1.165, 1.54) is 6.08 Å². The second kappa shape index (κ2) is 11.8. The fourth-order valence-corrected chi connectivity index (χ4v) is 5.10. The monoisotopic (exact) mass is 545 g/mol. The molecule has 11 heteroatoms. The molecule has 198 valence electrons. The minimum atomic E-state index is -2.48. The summed E-state index contributed by atoms with van der Waals surface area (Å²) in [4.78, 5) is 38.7. The van der Waals surface area contributed by atoms with Gasteiger partial charge in [-0.1, -0.05) is 55.3 Å². The molecule has 0 aromatic heterocycles. The SMILES string of the molecule is C=CCOC(=O)N[C@@]1(C(=O)OCCCC)[C@H](OCc2ccc(Cl)c(Cl)c2)C[C@@H]2[C@H]1[C@@]2(F)C(=O)OCC. The van der Waals surface area contributed by atoms with Gasteiger partial charge >= 0.3 is 18.0 Å². The Morgan fingerprint density at radius 1 is 1.17 bits per heavy atom. The third-order valence-corrected chi connectivity index (χ3v) is 7.22. The topological polar surface area (TPSA) is 100 Å². The van der Waals surface area contributed by atoms with Gasteiger partial charge in [-0.15, -0.1) is 0 Å². The number of halogens is 3. The second-order valence-electron chi connectivity index (χ2n) is 8.73. The zero-order valence-corrected chi connectivity index (χ0v) is 21.7. The second-order valence-corrected chi connectivity index (χ2v) is 9.54. The van der Waals surface area contributed by atoms with Crippen molar-refractivity contribution in [2.24, 2.45) is 11.8 Å². The predicted molar refractivity (Wildman–Crippen MR) is 130 cm³/mol. The summed E-state index contributed by atoms with van der Waals surface area (Å²) in [5.74, 6) is -4.17. The highest BCUT2D eigenvalue weighted by molar-refractivity contribution is 6.42. The van der Waals surface area contributed by atoms with Gasteiger partial charge in [0.2, 0.25) is 5.67 Å². The van der Waals surface area contributed by atoms with Gasteiger partial charge in [0.1, 0.15) is 6.61 Å². The van der Waals surface area contributed by atoms with E-state index in [1.807, 2.05) is 6.92 Å². The van der Waals surface area contributed by atoms with Crippen molar-refractivity contribution in [2.45, 2.75) is 57.0 Å². The van der Waals surface area contributed by atoms with Crippen molar-refractivity contribution < 1.29 is 37.7 Å². The molecular formula is C25H30Cl2FNO7. The lowest BCUT2D eigenvalue weighted by Crippen LogP contribution is -2.65. The van der Waals surface area contributed by atoms with Crippen molar-refractivity contribution >= 4 is 41.2 Å². The molecule has 2 fully saturated rings. The van der Waals surface area contributed by atoms with Crippen LogP contribution in [0.4, 0.5) is 9.18 Å². The Labute approximate surface area is 219 Å². The third kappa shape index (κ3) is 5.33. The Balaban J connectivity index is 1.95. The molecule has 0 heterocycles. The molecule has 0 saturated heterocycles. The Kier molecular flexibility index (Phi) is 9.24. The molecule has 0 unspecified atom stereocenters. The van der Waals surface area contributed by atoms with Gasteiger partial charge in [-0.25, -0.2) is 18.8 Å². The molecule has 1 N–H and O–H groups in total. The minimum Gasteiger partial charge on any atom is -0.464 e. The highest BCUT2D eigenvalue weighted by atomic mass is 35.5. The van der Waals surface area contributed by atoms with Crippen LogP contribution >= 0.6 is 23.2 Å². The maximum atomic E-state index is 16.0. The number of hydrogen-bond acceptors (Lipinski definition) is 7. The van der Waals surface area contributed by atoms with Crippen LogP contribution in [0.3, 0.4) is 0 Å². The summed E-state index contributed by atoms with van der Waals surface area (Å²) in [6.07, 6.45) is 0.594. The fourth-order valence-electron chi connectivity index (χ4n) is 4.78. The summed E-state index contributed by atoms with van der Waals surface area (Å²) in [5, 5.41) is 3.18. The first-order chi connectivity index (χ1) is 17.2. The van der Waals surface area contributed by atoms with E-state index in [4.69, 9.17) is 42.1 Å². The molecule has 2 aliphatic carbocycles. The van der Waals surface area contributed by atoms with E-state index in [0.717, 1.165) is 6.42 Å². The number of rotatable bonds is 12. The van der Waals surface area contributed by atoms with Crippen molar-refractivity contribution in [2.75, 3.05) is 19.8 Å². The normalized spacial score (nSPS) is 28.1. The van der Waals surface area contributed by atoms with E-state index < -0.39 is 47.2 Å². The predicted octanol–water partition coefficient (Wildman–Crippen LogP) is 4.79. The molecule has 0 bridgehead atoms. The number of alkyl carbamates (subject to hydrolysis) is 1. The summed E-state index contributed by atoms with van der Waals surface area (Å²) >= 11 is 12.1. The van der Waals surface area contributed by atoms with E-state index in [0.29, 0.717) is 22.0 Å². The van der Waals surface area contributed by atoms with E-state index in [9.17, 15) is 14.4 Å². The molecule has 3 rings (SSSR count). The molecule has 2 saturated carbocycles. The number of esters is 2. The molecular weight excluding hydrogens is 516 g/mol. The average Bonchev–Trinajstić information content (AvgIpc) is 3.30. The molecule has 1 amide bonds. The first-order valence-corrected chi connectivity index (χ1v) is 12.6. The van der Waals surface area contributed by atoms with Crippen molar-refractivity contribution in [1.82, 2.24) is 5.32 Å². The Morgan fingerprint density at radius 3 is 2.56 bits per heavy atom. The average molecular weight is 546 g/mol. The summed E-state index contributed by atoms with van der Waals surface area (Å²) in [6.45, 7) is 6.80. The first-order valence-electron chi connectivity index (χ1n) is 11.8. The zero-order chi connectivity index (χ0) is 26.5. The summed E-state index contributed by atoms with van der Waals surface area (Å²) in [5.41, 5.74) is -3.85. The van der Waals surface area contributed by atoms with Crippen LogP contribution in [-0.2, 0) is 35.1 Å². The van der Waals surface area contributed by atoms with Crippen LogP contribution in [0.25, 0.3) is 0 Å². The van der Waals surface area contributed by atoms with Crippen LogP contribution in [0.1, 0.15) is 38.7 Å². The van der Waals surface area contributed by atoms with Crippen LogP contribution in [-0.4, -0.2) is 55.2 Å². The maximum Gasteiger partial charge on any atom is 0.408 e. The van der Waals surface area contributed by atoms with Crippen LogP contribution < -0.4 is 5.32 Å². The largest absolute Gasteiger partial charge is 0.464 e. The van der Waals surface area contributed by atoms with Gasteiger partial charge in [-0.3, -0.25) is 0 Å². The summed E-state index contributed by atoms with van der Waals surface area (Å²) < 4.78 is 37.5. The van der Waals surface area contributed by atoms with Crippen molar-refractivity contribution in [3.05, 3.63) is 46.5 Å². The third-order valence-electron chi connectivity index (χ3n) is 6.49. The molecule has 36 heavy (non-hydrogen) atoms. The number of fused-ring (bicyclic) bond motifs is 1. The number of carbonyl (C=O) groups excluding carboxylic acids is 3. The minimum absolute atomic E-state index is 0.0208. The number of carbonyl (C=O) groups is 3. The molecule has 2 aliphatic rings. The zero-order valence-electron chi connectivity index (χ0n) is 20.2. The van der Waals surface area contributed by atoms with Gasteiger partial charge in [-0.05, 0) is 37.5 Å². The highest BCUT2D eigenvalue weighted by Gasteiger charge is 2.87. The quantitative estimate of drug-likeness (QED) is 0.174. The highest BCUT2D eigenvalue weighted by Crippen LogP contribution is 2.68. The number of benzene rings is 1. The van der Waals surface area contributed by atoms with Crippen molar-refractivity contribution in [3.63, 3.8) is 0 Å². The van der Waals surface area contributed by atoms with Gasteiger partial charge in [0.15, 0.2) is 5.54 Å². The molecule has 8 nitrogen and oxygen atoms in total. The van der Waals surface area contributed by atoms with E-state index >= 15 is 4.39 Å². The van der Waals surface area contributed by atoms with Gasteiger partial charge in [0.25, 0.3) is 0 Å². The number of unbranched alkanes of at least 4 members (excludes halogenated alkanes) is 1. The van der Waals surface area contributed by atoms with Crippen LogP contribution in [0.5, 0.6) is 0 Å². The van der Waals surface area contributed by atoms with Crippen LogP contribution in [0.15, 0.2) is 30.9 Å². The number of ether oxygens (including phenoxy) is 4. The molecule has 1 aromatic rings. The van der Waals surface area contributed by atoms with Crippen LogP contribution in [0, 0.1) is 11.8 Å². The molecule has 1 aromatic carbocycles. The van der Waals surface area contributed by atoms with E-state index in [-0.39, 0.29) is 32.8 Å². The number of alkyl halides is 1. The Bertz CT molecular complexity index is 1010. The Morgan fingerprint density at radius 2 is 1.92 bits per heavy atom. The lowest BCUT2D eigenvalue weighted by molar-refractivity contribution is -0.165. The van der Waals surface area contributed by atoms with Gasteiger partial charge in [-0.2, -0.15) is 0 Å². The molecule has 0 radical (unpaired) electrons. The molecule has 0 aliphatic heterocycles. The molecule has 0 spiro atoms. The number of hydrogen-bond donors (Lipinski definition) is 1. The number of amides is 1. The standard InChI is InChI=1S/C25H30Cl2FNO7/c1-4-7-11-34-22(31)25(29-23(32)35-10-5-2)19(36-14-15-8-9-17(26)18(27)12-15)13-16-20(25)24(16,28)21(30)33-6-3/h5,8-9,12,16,19-20H,2,4,6-7,10-11,13-14H2,1,3H3,(H,29,32)/t16-,19-,20+,24-,25+/m1/s1. The van der Waals surface area contributed by atoms with Gasteiger partial charge in [0, 0.05) is 11.8 Å². The summed E-state index contributed by atoms with van der Waals surface area (Å²) in [6, 6.07) is 4.89. The maximum absolute atomic E-state index is 16.0. The van der Waals surface area contributed by atoms with E-state index in [1.54, 1.807) is 25.1 Å². The van der Waals surface area contributed by atoms with Crippen molar-refractivity contribution in [1.29, 1.82) is 0 Å².